The highest BCUT2D eigenvalue weighted by Gasteiger charge is 2.32. The van der Waals surface area contributed by atoms with Crippen molar-refractivity contribution >= 4 is 25.5 Å². The number of pyridine rings is 1. The summed E-state index contributed by atoms with van der Waals surface area (Å²) in [6.45, 7) is 6.75. The molecule has 0 bridgehead atoms. The first-order valence-electron chi connectivity index (χ1n) is 10.7. The molecule has 2 aromatic carbocycles. The second-order valence-corrected chi connectivity index (χ2v) is 12.0. The molecule has 0 aliphatic rings. The fourth-order valence-electron chi connectivity index (χ4n) is 3.42. The summed E-state index contributed by atoms with van der Waals surface area (Å²) < 4.78 is 6.85. The molecular formula is C26H30N2OSi. The number of rotatable bonds is 9. The van der Waals surface area contributed by atoms with Crippen molar-refractivity contribution in [3.63, 3.8) is 0 Å². The van der Waals surface area contributed by atoms with Crippen molar-refractivity contribution in [2.45, 2.75) is 38.9 Å². The zero-order valence-corrected chi connectivity index (χ0v) is 19.1. The number of allylic oxidation sites excluding steroid dienone is 1. The molecule has 3 nitrogen and oxygen atoms in total. The first-order valence-corrected chi connectivity index (χ1v) is 13.2. The maximum Gasteiger partial charge on any atom is 0.250 e. The third-order valence-electron chi connectivity index (χ3n) is 5.52. The molecule has 0 saturated heterocycles. The number of hydrogen-bond donors (Lipinski definition) is 0. The lowest BCUT2D eigenvalue weighted by Gasteiger charge is -2.30. The molecule has 0 unspecified atom stereocenters. The van der Waals surface area contributed by atoms with Gasteiger partial charge in [0.25, 0.3) is 8.32 Å². The molecule has 4 heteroatoms. The van der Waals surface area contributed by atoms with Crippen LogP contribution in [0, 0.1) is 0 Å². The van der Waals surface area contributed by atoms with Gasteiger partial charge >= 0.3 is 0 Å². The van der Waals surface area contributed by atoms with E-state index in [0.717, 1.165) is 46.5 Å². The standard InChI is InChI=1S/C26H30N2OSi/c1-4-30(5-2,6-3)29-26(22-15-9-7-10-16-22)21-25(24-19-13-14-20-27-24)28-23-17-11-8-12-18-23/h7-21H,4-6H2,1-3H3/b26-21-,28-25?. The highest BCUT2D eigenvalue weighted by Crippen LogP contribution is 2.30. The van der Waals surface area contributed by atoms with Gasteiger partial charge in [0, 0.05) is 17.8 Å². The SMILES string of the molecule is CC[Si](CC)(CC)O/C(=C\C(=Nc1ccccc1)c1ccccn1)c1ccccc1. The molecule has 0 N–H and O–H groups in total. The highest BCUT2D eigenvalue weighted by molar-refractivity contribution is 6.74. The van der Waals surface area contributed by atoms with E-state index in [0.29, 0.717) is 0 Å². The van der Waals surface area contributed by atoms with Crippen LogP contribution >= 0.6 is 0 Å². The van der Waals surface area contributed by atoms with Crippen molar-refractivity contribution in [2.75, 3.05) is 0 Å². The largest absolute Gasteiger partial charge is 0.543 e. The second-order valence-electron chi connectivity index (χ2n) is 7.27. The summed E-state index contributed by atoms with van der Waals surface area (Å²) in [5.41, 5.74) is 3.59. The predicted octanol–water partition coefficient (Wildman–Crippen LogP) is 7.27. The molecule has 0 aliphatic carbocycles. The summed E-state index contributed by atoms with van der Waals surface area (Å²) in [5, 5.41) is 0. The lowest BCUT2D eigenvalue weighted by Crippen LogP contribution is -2.35. The van der Waals surface area contributed by atoms with E-state index >= 15 is 0 Å². The maximum absolute atomic E-state index is 6.85. The van der Waals surface area contributed by atoms with Crippen LogP contribution in [0.4, 0.5) is 5.69 Å². The first kappa shape index (κ1) is 21.7. The van der Waals surface area contributed by atoms with Crippen LogP contribution in [0.25, 0.3) is 5.76 Å². The normalized spacial score (nSPS) is 12.6. The van der Waals surface area contributed by atoms with Gasteiger partial charge in [0.05, 0.1) is 17.1 Å². The fraction of sp³-hybridized carbons (Fsp3) is 0.231. The number of benzene rings is 2. The topological polar surface area (TPSA) is 34.5 Å². The van der Waals surface area contributed by atoms with Gasteiger partial charge in [-0.2, -0.15) is 0 Å². The van der Waals surface area contributed by atoms with Gasteiger partial charge < -0.3 is 4.43 Å². The Morgan fingerprint density at radius 3 is 2.00 bits per heavy atom. The van der Waals surface area contributed by atoms with Crippen molar-refractivity contribution < 1.29 is 4.43 Å². The summed E-state index contributed by atoms with van der Waals surface area (Å²) >= 11 is 0. The molecule has 154 valence electrons. The van der Waals surface area contributed by atoms with Gasteiger partial charge in [-0.1, -0.05) is 75.4 Å². The molecule has 0 aliphatic heterocycles. The van der Waals surface area contributed by atoms with Gasteiger partial charge in [-0.3, -0.25) is 4.98 Å². The molecule has 0 radical (unpaired) electrons. The summed E-state index contributed by atoms with van der Waals surface area (Å²) in [5.74, 6) is 0.883. The van der Waals surface area contributed by atoms with Crippen molar-refractivity contribution in [3.8, 4) is 0 Å². The van der Waals surface area contributed by atoms with Crippen LogP contribution in [0.3, 0.4) is 0 Å². The minimum absolute atomic E-state index is 0.798. The molecule has 0 spiro atoms. The van der Waals surface area contributed by atoms with Crippen molar-refractivity contribution in [2.24, 2.45) is 4.99 Å². The van der Waals surface area contributed by atoms with Crippen molar-refractivity contribution in [1.29, 1.82) is 0 Å². The van der Waals surface area contributed by atoms with E-state index in [1.54, 1.807) is 6.20 Å². The van der Waals surface area contributed by atoms with E-state index < -0.39 is 8.32 Å². The molecule has 1 aromatic heterocycles. The average molecular weight is 415 g/mol. The quantitative estimate of drug-likeness (QED) is 0.210. The zero-order chi connectivity index (χ0) is 21.2. The van der Waals surface area contributed by atoms with Gasteiger partial charge in [0.15, 0.2) is 0 Å². The van der Waals surface area contributed by atoms with E-state index in [4.69, 9.17) is 9.42 Å². The van der Waals surface area contributed by atoms with Crippen LogP contribution < -0.4 is 0 Å². The van der Waals surface area contributed by atoms with E-state index in [1.165, 1.54) is 0 Å². The number of aliphatic imine (C=N–C) groups is 1. The molecule has 0 fully saturated rings. The Labute approximate surface area is 181 Å². The average Bonchev–Trinajstić information content (AvgIpc) is 2.83. The lowest BCUT2D eigenvalue weighted by atomic mass is 10.1. The molecule has 0 atom stereocenters. The summed E-state index contributed by atoms with van der Waals surface area (Å²) in [6.07, 6.45) is 3.86. The van der Waals surface area contributed by atoms with E-state index in [1.807, 2.05) is 66.7 Å². The minimum atomic E-state index is -1.87. The van der Waals surface area contributed by atoms with Gasteiger partial charge in [-0.15, -0.1) is 0 Å². The highest BCUT2D eigenvalue weighted by atomic mass is 28.4. The number of para-hydroxylation sites is 1. The number of aromatic nitrogens is 1. The monoisotopic (exact) mass is 414 g/mol. The Hall–Kier alpha value is -2.98. The van der Waals surface area contributed by atoms with E-state index in [9.17, 15) is 0 Å². The van der Waals surface area contributed by atoms with Gasteiger partial charge in [-0.25, -0.2) is 4.99 Å². The number of hydrogen-bond acceptors (Lipinski definition) is 3. The van der Waals surface area contributed by atoms with Crippen molar-refractivity contribution in [3.05, 3.63) is 102 Å². The van der Waals surface area contributed by atoms with E-state index in [2.05, 4.69) is 44.0 Å². The smallest absolute Gasteiger partial charge is 0.250 e. The van der Waals surface area contributed by atoms with Crippen LogP contribution in [0.15, 0.2) is 96.1 Å². The lowest BCUT2D eigenvalue weighted by molar-refractivity contribution is 0.491. The Kier molecular flexibility index (Phi) is 7.74. The second kappa shape index (κ2) is 10.7. The van der Waals surface area contributed by atoms with Crippen LogP contribution in [0.5, 0.6) is 0 Å². The van der Waals surface area contributed by atoms with Crippen LogP contribution in [-0.4, -0.2) is 19.0 Å². The fourth-order valence-corrected chi connectivity index (χ4v) is 5.99. The summed E-state index contributed by atoms with van der Waals surface area (Å²) in [7, 11) is -1.87. The van der Waals surface area contributed by atoms with Gasteiger partial charge in [0.2, 0.25) is 0 Å². The molecular weight excluding hydrogens is 384 g/mol. The molecule has 0 amide bonds. The van der Waals surface area contributed by atoms with Gasteiger partial charge in [-0.05, 0) is 42.4 Å². The van der Waals surface area contributed by atoms with E-state index in [-0.39, 0.29) is 0 Å². The Morgan fingerprint density at radius 2 is 1.43 bits per heavy atom. The Morgan fingerprint density at radius 1 is 0.833 bits per heavy atom. The van der Waals surface area contributed by atoms with Crippen LogP contribution in [-0.2, 0) is 4.43 Å². The third-order valence-corrected chi connectivity index (χ3v) is 10.0. The van der Waals surface area contributed by atoms with Crippen molar-refractivity contribution in [1.82, 2.24) is 4.98 Å². The first-order chi connectivity index (χ1) is 14.7. The summed E-state index contributed by atoms with van der Waals surface area (Å²) in [6, 6.07) is 29.5. The van der Waals surface area contributed by atoms with Gasteiger partial charge in [0.1, 0.15) is 5.76 Å². The molecule has 30 heavy (non-hydrogen) atoms. The molecule has 3 aromatic rings. The molecule has 1 heterocycles. The molecule has 0 saturated carbocycles. The molecule has 3 rings (SSSR count). The Bertz CT molecular complexity index is 957. The zero-order valence-electron chi connectivity index (χ0n) is 18.1. The number of nitrogens with zero attached hydrogens (tertiary/aromatic N) is 2. The predicted molar refractivity (Wildman–Crippen MR) is 130 cm³/mol. The minimum Gasteiger partial charge on any atom is -0.543 e. The Balaban J connectivity index is 2.14. The maximum atomic E-state index is 6.85. The third kappa shape index (κ3) is 5.54. The summed E-state index contributed by atoms with van der Waals surface area (Å²) in [4.78, 5) is 9.47. The van der Waals surface area contributed by atoms with Crippen LogP contribution in [0.2, 0.25) is 18.1 Å². The van der Waals surface area contributed by atoms with Crippen LogP contribution in [0.1, 0.15) is 32.0 Å².